The van der Waals surface area contributed by atoms with Crippen LogP contribution in [0.15, 0.2) is 0 Å². The Morgan fingerprint density at radius 2 is 2.33 bits per heavy atom. The van der Waals surface area contributed by atoms with Gasteiger partial charge in [-0.15, -0.1) is 12.4 Å². The third-order valence-corrected chi connectivity index (χ3v) is 1.44. The first-order valence-electron chi connectivity index (χ1n) is 2.72. The lowest BCUT2D eigenvalue weighted by molar-refractivity contribution is -0.120. The molecule has 0 bridgehead atoms. The molecule has 1 rings (SSSR count). The van der Waals surface area contributed by atoms with Gasteiger partial charge in [-0.3, -0.25) is 10.2 Å². The van der Waals surface area contributed by atoms with Crippen molar-refractivity contribution >= 4 is 18.3 Å². The standard InChI is InChI=1S/C5H10N2O.ClH/c1-4-3-5(8)6-7(4)2;/h4H,3H2,1-2H3,(H,6,8);1H. The number of nitrogens with zero attached hydrogens (tertiary/aromatic N) is 1. The molecule has 1 aliphatic heterocycles. The van der Waals surface area contributed by atoms with Crippen molar-refractivity contribution in [1.82, 2.24) is 10.4 Å². The van der Waals surface area contributed by atoms with E-state index in [2.05, 4.69) is 5.43 Å². The number of halogens is 1. The van der Waals surface area contributed by atoms with Crippen molar-refractivity contribution in [3.8, 4) is 0 Å². The summed E-state index contributed by atoms with van der Waals surface area (Å²) < 4.78 is 0. The highest BCUT2D eigenvalue weighted by molar-refractivity contribution is 5.85. The molecule has 1 atom stereocenters. The van der Waals surface area contributed by atoms with Crippen LogP contribution in [0.3, 0.4) is 0 Å². The number of amides is 1. The summed E-state index contributed by atoms with van der Waals surface area (Å²) in [6.07, 6.45) is 0.635. The second-order valence-electron chi connectivity index (χ2n) is 2.20. The number of carbonyl (C=O) groups excluding carboxylic acids is 1. The number of hydrogen-bond donors (Lipinski definition) is 1. The maximum atomic E-state index is 10.5. The minimum absolute atomic E-state index is 0. The van der Waals surface area contributed by atoms with Crippen LogP contribution in [0.25, 0.3) is 0 Å². The first-order chi connectivity index (χ1) is 3.70. The van der Waals surface area contributed by atoms with Crippen molar-refractivity contribution in [2.24, 2.45) is 0 Å². The van der Waals surface area contributed by atoms with Gasteiger partial charge in [-0.1, -0.05) is 0 Å². The zero-order valence-corrected chi connectivity index (χ0v) is 6.36. The quantitative estimate of drug-likeness (QED) is 0.534. The van der Waals surface area contributed by atoms with Crippen LogP contribution in [0, 0.1) is 0 Å². The number of hydrogen-bond acceptors (Lipinski definition) is 2. The van der Waals surface area contributed by atoms with E-state index in [0.717, 1.165) is 0 Å². The molecule has 0 spiro atoms. The molecule has 0 saturated carbocycles. The summed E-state index contributed by atoms with van der Waals surface area (Å²) in [5.41, 5.74) is 2.66. The Morgan fingerprint density at radius 1 is 1.78 bits per heavy atom. The average Bonchev–Trinajstić information content (AvgIpc) is 1.85. The fourth-order valence-electron chi connectivity index (χ4n) is 0.758. The van der Waals surface area contributed by atoms with Gasteiger partial charge in [-0.2, -0.15) is 0 Å². The minimum Gasteiger partial charge on any atom is -0.289 e. The SMILES string of the molecule is CC1CC(=O)NN1C.Cl. The van der Waals surface area contributed by atoms with Crippen molar-refractivity contribution in [3.05, 3.63) is 0 Å². The molecule has 1 amide bonds. The van der Waals surface area contributed by atoms with Crippen LogP contribution >= 0.6 is 12.4 Å². The molecular weight excluding hydrogens is 140 g/mol. The van der Waals surface area contributed by atoms with Gasteiger partial charge in [0.25, 0.3) is 0 Å². The second kappa shape index (κ2) is 3.03. The Balaban J connectivity index is 0.000000640. The van der Waals surface area contributed by atoms with Gasteiger partial charge < -0.3 is 0 Å². The molecule has 1 aliphatic rings. The highest BCUT2D eigenvalue weighted by Crippen LogP contribution is 2.04. The lowest BCUT2D eigenvalue weighted by atomic mass is 10.3. The third kappa shape index (κ3) is 1.84. The molecule has 1 unspecified atom stereocenters. The maximum absolute atomic E-state index is 10.5. The maximum Gasteiger partial charge on any atom is 0.235 e. The molecule has 0 aromatic carbocycles. The molecule has 54 valence electrons. The van der Waals surface area contributed by atoms with E-state index in [1.165, 1.54) is 0 Å². The van der Waals surface area contributed by atoms with Crippen molar-refractivity contribution in [3.63, 3.8) is 0 Å². The lowest BCUT2D eigenvalue weighted by Gasteiger charge is -2.11. The monoisotopic (exact) mass is 150 g/mol. The Morgan fingerprint density at radius 3 is 2.44 bits per heavy atom. The van der Waals surface area contributed by atoms with Crippen molar-refractivity contribution in [2.75, 3.05) is 7.05 Å². The number of rotatable bonds is 0. The minimum atomic E-state index is 0. The molecular formula is C5H11ClN2O. The lowest BCUT2D eigenvalue weighted by Crippen LogP contribution is -2.32. The number of hydrazine groups is 1. The molecule has 1 fully saturated rings. The highest BCUT2D eigenvalue weighted by atomic mass is 35.5. The summed E-state index contributed by atoms with van der Waals surface area (Å²) in [7, 11) is 1.87. The van der Waals surface area contributed by atoms with E-state index in [9.17, 15) is 4.79 Å². The predicted molar refractivity (Wildman–Crippen MR) is 37.2 cm³/mol. The topological polar surface area (TPSA) is 32.3 Å². The molecule has 3 nitrogen and oxygen atoms in total. The van der Waals surface area contributed by atoms with Gasteiger partial charge in [0.2, 0.25) is 5.91 Å². The highest BCUT2D eigenvalue weighted by Gasteiger charge is 2.21. The predicted octanol–water partition coefficient (Wildman–Crippen LogP) is 0.163. The van der Waals surface area contributed by atoms with E-state index in [0.29, 0.717) is 12.5 Å². The summed E-state index contributed by atoms with van der Waals surface area (Å²) in [5.74, 6) is 0.125. The molecule has 4 heteroatoms. The molecule has 0 aromatic rings. The molecule has 0 aromatic heterocycles. The average molecular weight is 151 g/mol. The molecule has 1 heterocycles. The van der Waals surface area contributed by atoms with Gasteiger partial charge in [0, 0.05) is 19.5 Å². The van der Waals surface area contributed by atoms with Crippen LogP contribution in [-0.4, -0.2) is 24.0 Å². The van der Waals surface area contributed by atoms with E-state index >= 15 is 0 Å². The molecule has 0 radical (unpaired) electrons. The second-order valence-corrected chi connectivity index (χ2v) is 2.20. The van der Waals surface area contributed by atoms with E-state index in [1.807, 2.05) is 19.0 Å². The summed E-state index contributed by atoms with van der Waals surface area (Å²) in [6, 6.07) is 0.363. The van der Waals surface area contributed by atoms with E-state index in [-0.39, 0.29) is 18.3 Å². The van der Waals surface area contributed by atoms with Crippen molar-refractivity contribution in [2.45, 2.75) is 19.4 Å². The Bertz CT molecular complexity index is 106. The number of nitrogens with one attached hydrogen (secondary N) is 1. The van der Waals surface area contributed by atoms with Crippen molar-refractivity contribution in [1.29, 1.82) is 0 Å². The molecule has 0 aliphatic carbocycles. The fourth-order valence-corrected chi connectivity index (χ4v) is 0.758. The molecule has 1 saturated heterocycles. The summed E-state index contributed by atoms with van der Waals surface area (Å²) in [4.78, 5) is 10.5. The Kier molecular flexibility index (Phi) is 2.94. The van der Waals surface area contributed by atoms with Gasteiger partial charge in [0.15, 0.2) is 0 Å². The van der Waals surface area contributed by atoms with Crippen LogP contribution in [0.1, 0.15) is 13.3 Å². The molecule has 1 N–H and O–H groups in total. The zero-order valence-electron chi connectivity index (χ0n) is 5.55. The van der Waals surface area contributed by atoms with Gasteiger partial charge >= 0.3 is 0 Å². The van der Waals surface area contributed by atoms with E-state index < -0.39 is 0 Å². The Hall–Kier alpha value is -0.280. The van der Waals surface area contributed by atoms with E-state index in [1.54, 1.807) is 0 Å². The van der Waals surface area contributed by atoms with Gasteiger partial charge in [-0.25, -0.2) is 5.01 Å². The normalized spacial score (nSPS) is 27.3. The summed E-state index contributed by atoms with van der Waals surface area (Å²) >= 11 is 0. The van der Waals surface area contributed by atoms with E-state index in [4.69, 9.17) is 0 Å². The third-order valence-electron chi connectivity index (χ3n) is 1.44. The first-order valence-corrected chi connectivity index (χ1v) is 2.72. The summed E-state index contributed by atoms with van der Waals surface area (Å²) in [5, 5.41) is 1.82. The van der Waals surface area contributed by atoms with Crippen LogP contribution in [0.5, 0.6) is 0 Å². The van der Waals surface area contributed by atoms with Crippen LogP contribution < -0.4 is 5.43 Å². The van der Waals surface area contributed by atoms with Crippen LogP contribution in [-0.2, 0) is 4.79 Å². The first kappa shape index (κ1) is 8.72. The largest absolute Gasteiger partial charge is 0.289 e. The smallest absolute Gasteiger partial charge is 0.235 e. The Labute approximate surface area is 60.8 Å². The molecule has 9 heavy (non-hydrogen) atoms. The van der Waals surface area contributed by atoms with Crippen molar-refractivity contribution < 1.29 is 4.79 Å². The van der Waals surface area contributed by atoms with Crippen LogP contribution in [0.2, 0.25) is 0 Å². The zero-order chi connectivity index (χ0) is 6.15. The van der Waals surface area contributed by atoms with Gasteiger partial charge in [0.05, 0.1) is 0 Å². The number of carbonyl (C=O) groups is 1. The summed E-state index contributed by atoms with van der Waals surface area (Å²) in [6.45, 7) is 2.01. The van der Waals surface area contributed by atoms with Gasteiger partial charge in [-0.05, 0) is 6.92 Å². The van der Waals surface area contributed by atoms with Gasteiger partial charge in [0.1, 0.15) is 0 Å². The van der Waals surface area contributed by atoms with Crippen LogP contribution in [0.4, 0.5) is 0 Å². The fraction of sp³-hybridized carbons (Fsp3) is 0.800.